The fraction of sp³-hybridized carbons (Fsp3) is 0.511. The molecule has 1 unspecified atom stereocenters. The smallest absolute Gasteiger partial charge is 0.301 e. The van der Waals surface area contributed by atoms with Gasteiger partial charge in [0.2, 0.25) is 23.5 Å². The lowest BCUT2D eigenvalue weighted by molar-refractivity contribution is -0.134. The van der Waals surface area contributed by atoms with E-state index in [0.717, 1.165) is 52.0 Å². The van der Waals surface area contributed by atoms with Crippen LogP contribution >= 0.6 is 11.6 Å². The van der Waals surface area contributed by atoms with Crippen molar-refractivity contribution in [1.82, 2.24) is 34.5 Å². The Morgan fingerprint density at radius 2 is 1.79 bits per heavy atom. The zero-order chi connectivity index (χ0) is 43.9. The second-order valence-corrected chi connectivity index (χ2v) is 18.6. The number of rotatable bonds is 8. The number of fused-ring (bicyclic) bond motifs is 4. The van der Waals surface area contributed by atoms with E-state index in [9.17, 15) is 14.4 Å². The predicted molar refractivity (Wildman–Crippen MR) is 234 cm³/mol. The summed E-state index contributed by atoms with van der Waals surface area (Å²) in [5, 5.41) is 14.8. The summed E-state index contributed by atoms with van der Waals surface area (Å²) >= 11 is 6.65. The van der Waals surface area contributed by atoms with Crippen molar-refractivity contribution in [3.8, 4) is 5.75 Å². The fourth-order valence-corrected chi connectivity index (χ4v) is 10.5. The fourth-order valence-electron chi connectivity index (χ4n) is 10.3. The van der Waals surface area contributed by atoms with Gasteiger partial charge in [-0.25, -0.2) is 18.2 Å². The first kappa shape index (κ1) is 41.6. The highest BCUT2D eigenvalue weighted by atomic mass is 35.5. The second kappa shape index (κ2) is 16.0. The quantitative estimate of drug-likeness (QED) is 0.141. The Labute approximate surface area is 366 Å². The molecule has 1 saturated carbocycles. The van der Waals surface area contributed by atoms with Crippen molar-refractivity contribution in [2.75, 3.05) is 54.9 Å². The highest BCUT2D eigenvalue weighted by Crippen LogP contribution is 2.46. The Bertz CT molecular complexity index is 2720. The number of nitrogens with one attached hydrogen (secondary N) is 3. The van der Waals surface area contributed by atoms with E-state index in [1.807, 2.05) is 12.1 Å². The van der Waals surface area contributed by atoms with Crippen molar-refractivity contribution in [2.45, 2.75) is 75.7 Å². The number of hydrogen-bond donors (Lipinski definition) is 3. The number of benzene rings is 2. The van der Waals surface area contributed by atoms with Gasteiger partial charge in [0, 0.05) is 56.6 Å². The second-order valence-electron chi connectivity index (χ2n) is 18.2. The van der Waals surface area contributed by atoms with E-state index in [1.54, 1.807) is 38.5 Å². The molecule has 0 radical (unpaired) electrons. The maximum Gasteiger partial charge on any atom is 0.301 e. The number of ether oxygens (including phenoxy) is 1. The van der Waals surface area contributed by atoms with Gasteiger partial charge in [-0.3, -0.25) is 24.4 Å². The molecule has 18 heteroatoms. The minimum Gasteiger partial charge on any atom is -0.480 e. The van der Waals surface area contributed by atoms with E-state index in [4.69, 9.17) is 21.3 Å². The Morgan fingerprint density at radius 1 is 1.00 bits per heavy atom. The number of halogens is 4. The molecule has 2 amide bonds. The Kier molecular flexibility index (Phi) is 10.5. The molecule has 332 valence electrons. The molecule has 7 heterocycles. The van der Waals surface area contributed by atoms with E-state index in [1.165, 1.54) is 9.25 Å². The van der Waals surface area contributed by atoms with Crippen LogP contribution in [0.2, 0.25) is 5.02 Å². The molecule has 3 saturated heterocycles. The maximum atomic E-state index is 16.2. The van der Waals surface area contributed by atoms with Crippen LogP contribution in [0.1, 0.15) is 75.0 Å². The highest BCUT2D eigenvalue weighted by molar-refractivity contribution is 6.33. The number of nitrogens with zero attached hydrogens (tertiary/aromatic N) is 7. The van der Waals surface area contributed by atoms with Crippen LogP contribution in [-0.2, 0) is 23.7 Å². The summed E-state index contributed by atoms with van der Waals surface area (Å²) < 4.78 is 55.0. The summed E-state index contributed by atoms with van der Waals surface area (Å²) in [7, 11) is 3.30. The first-order valence-electron chi connectivity index (χ1n) is 21.9. The summed E-state index contributed by atoms with van der Waals surface area (Å²) in [4.78, 5) is 51.7. The monoisotopic (exact) mass is 886 g/mol. The molecule has 3 aromatic heterocycles. The van der Waals surface area contributed by atoms with Gasteiger partial charge >= 0.3 is 5.92 Å². The molecule has 5 aromatic rings. The number of carbonyl (C=O) groups excluding carboxylic acids is 2. The standard InChI is InChI=1S/C45H50ClF3N10O4/c1-23-20-59(17-14-26(23)21-58-15-12-24(13-16-58)28-7-8-29-36(55-57(3)38(29)35(28)47)30-9-11-34(60)52-42(30)61)44-50-19-32(46)41(54-44)51-27-6-10-33-31(18-27)37-39(43(62)56(33)2)63-22-45(48,49)40(53-37)25-4-5-25/h6-8,10,18-19,23-26,30,40,53H,4-5,9,11-17,20-22H2,1-3H3,(H,50,51,54)(H,52,60,61)/t23-,26+,30?,40-/m0/s1. The van der Waals surface area contributed by atoms with Gasteiger partial charge in [0.1, 0.15) is 10.5 Å². The van der Waals surface area contributed by atoms with E-state index < -0.39 is 30.0 Å². The number of likely N-dealkylation sites (tertiary alicyclic amines) is 1. The molecular weight excluding hydrogens is 837 g/mol. The number of piperidine rings is 3. The number of alkyl halides is 2. The van der Waals surface area contributed by atoms with Gasteiger partial charge in [0.15, 0.2) is 18.2 Å². The van der Waals surface area contributed by atoms with Crippen molar-refractivity contribution in [3.63, 3.8) is 0 Å². The highest BCUT2D eigenvalue weighted by Gasteiger charge is 2.51. The summed E-state index contributed by atoms with van der Waals surface area (Å²) in [6.07, 6.45) is 6.17. The molecule has 0 bridgehead atoms. The number of imide groups is 1. The Hall–Kier alpha value is -5.42. The topological polar surface area (TPSA) is 152 Å². The molecule has 4 atom stereocenters. The summed E-state index contributed by atoms with van der Waals surface area (Å²) in [5.74, 6) is -3.19. The summed E-state index contributed by atoms with van der Waals surface area (Å²) in [6, 6.07) is 7.96. The molecule has 2 aromatic carbocycles. The Balaban J connectivity index is 0.784. The van der Waals surface area contributed by atoms with E-state index >= 15 is 13.2 Å². The SMILES string of the molecule is C[C@H]1CN(c2ncc(Cl)c(Nc3ccc4c(c3)c3c(c(=O)n4C)OCC(F)(F)[C@H](C4CC4)N3)n2)CC[C@@H]1CN1CCC(c2ccc3c(C4CCC(=O)NC4=O)nn(C)c3c2F)CC1. The van der Waals surface area contributed by atoms with Crippen molar-refractivity contribution < 1.29 is 27.5 Å². The number of hydrogen-bond acceptors (Lipinski definition) is 11. The molecule has 1 aliphatic carbocycles. The largest absolute Gasteiger partial charge is 0.480 e. The zero-order valence-electron chi connectivity index (χ0n) is 35.4. The van der Waals surface area contributed by atoms with Crippen LogP contribution in [0.4, 0.5) is 36.3 Å². The van der Waals surface area contributed by atoms with Crippen molar-refractivity contribution in [3.05, 3.63) is 69.0 Å². The van der Waals surface area contributed by atoms with Gasteiger partial charge in [-0.05, 0) is 99.0 Å². The summed E-state index contributed by atoms with van der Waals surface area (Å²) in [5.41, 5.74) is 2.54. The normalized spacial score (nSPS) is 24.5. The Morgan fingerprint density at radius 3 is 2.54 bits per heavy atom. The van der Waals surface area contributed by atoms with E-state index in [-0.39, 0.29) is 47.3 Å². The van der Waals surface area contributed by atoms with Crippen LogP contribution in [0, 0.1) is 23.6 Å². The van der Waals surface area contributed by atoms with Crippen LogP contribution in [0.15, 0.2) is 41.3 Å². The van der Waals surface area contributed by atoms with Crippen LogP contribution in [0.5, 0.6) is 5.75 Å². The number of carbonyl (C=O) groups is 2. The van der Waals surface area contributed by atoms with Gasteiger partial charge in [-0.2, -0.15) is 10.1 Å². The number of aromatic nitrogens is 5. The number of anilines is 4. The molecule has 0 spiro atoms. The van der Waals surface area contributed by atoms with Gasteiger partial charge in [-0.1, -0.05) is 30.7 Å². The molecule has 14 nitrogen and oxygen atoms in total. The zero-order valence-corrected chi connectivity index (χ0v) is 36.2. The third-order valence-corrected chi connectivity index (χ3v) is 14.3. The van der Waals surface area contributed by atoms with Crippen molar-refractivity contribution >= 4 is 68.4 Å². The predicted octanol–water partition coefficient (Wildman–Crippen LogP) is 6.83. The van der Waals surface area contributed by atoms with Crippen LogP contribution < -0.4 is 31.1 Å². The molecule has 5 aliphatic rings. The van der Waals surface area contributed by atoms with Crippen molar-refractivity contribution in [1.29, 1.82) is 0 Å². The molecule has 63 heavy (non-hydrogen) atoms. The third kappa shape index (κ3) is 7.64. The minimum atomic E-state index is -3.14. The first-order chi connectivity index (χ1) is 30.2. The number of aryl methyl sites for hydroxylation is 2. The summed E-state index contributed by atoms with van der Waals surface area (Å²) in [6.45, 7) is 5.58. The van der Waals surface area contributed by atoms with Gasteiger partial charge in [-0.15, -0.1) is 0 Å². The third-order valence-electron chi connectivity index (χ3n) is 14.1. The number of pyridine rings is 1. The molecule has 4 aliphatic heterocycles. The first-order valence-corrected chi connectivity index (χ1v) is 22.3. The average molecular weight is 887 g/mol. The lowest BCUT2D eigenvalue weighted by atomic mass is 9.84. The lowest BCUT2D eigenvalue weighted by Gasteiger charge is -2.41. The van der Waals surface area contributed by atoms with Gasteiger partial charge in [0.25, 0.3) is 5.56 Å². The average Bonchev–Trinajstić information content (AvgIpc) is 4.06. The van der Waals surface area contributed by atoms with Crippen LogP contribution in [-0.4, -0.2) is 92.3 Å². The lowest BCUT2D eigenvalue weighted by Crippen LogP contribution is -2.45. The van der Waals surface area contributed by atoms with E-state index in [2.05, 4.69) is 42.8 Å². The minimum absolute atomic E-state index is 0.0698. The van der Waals surface area contributed by atoms with E-state index in [0.29, 0.717) is 86.6 Å². The van der Waals surface area contributed by atoms with Gasteiger partial charge in [0.05, 0.1) is 35.1 Å². The van der Waals surface area contributed by atoms with Gasteiger partial charge < -0.3 is 29.7 Å². The van der Waals surface area contributed by atoms with Crippen molar-refractivity contribution in [2.24, 2.45) is 31.8 Å². The molecular formula is C45H50ClF3N10O4. The maximum absolute atomic E-state index is 16.2. The molecule has 10 rings (SSSR count). The van der Waals surface area contributed by atoms with Crippen LogP contribution in [0.25, 0.3) is 21.8 Å². The van der Waals surface area contributed by atoms with Crippen LogP contribution in [0.3, 0.4) is 0 Å². The molecule has 4 fully saturated rings. The molecule has 3 N–H and O–H groups in total. The number of amides is 2.